The standard InChI is InChI=1S/C19H30N4O4/c1-25-11-2-12-27-15-18(24)23-7-4-16(5-8-23)19-20-6-3-17(21-19)22-9-13-26-14-10-22/h3,6,16H,2,4-5,7-15H2,1H3. The third kappa shape index (κ3) is 5.85. The van der Waals surface area contributed by atoms with E-state index in [0.717, 1.165) is 70.3 Å². The van der Waals surface area contributed by atoms with Crippen LogP contribution in [0, 0.1) is 0 Å². The number of morpholine rings is 1. The van der Waals surface area contributed by atoms with E-state index in [1.54, 1.807) is 7.11 Å². The number of hydrogen-bond acceptors (Lipinski definition) is 7. The van der Waals surface area contributed by atoms with E-state index in [2.05, 4.69) is 9.88 Å². The number of rotatable bonds is 8. The highest BCUT2D eigenvalue weighted by Crippen LogP contribution is 2.26. The van der Waals surface area contributed by atoms with Crippen molar-refractivity contribution >= 4 is 11.7 Å². The Morgan fingerprint density at radius 3 is 2.74 bits per heavy atom. The van der Waals surface area contributed by atoms with Crippen LogP contribution in [0.4, 0.5) is 5.82 Å². The lowest BCUT2D eigenvalue weighted by Crippen LogP contribution is -2.40. The van der Waals surface area contributed by atoms with Crippen LogP contribution in [0.15, 0.2) is 12.3 Å². The van der Waals surface area contributed by atoms with Gasteiger partial charge in [0.25, 0.3) is 0 Å². The van der Waals surface area contributed by atoms with Crippen molar-refractivity contribution in [3.05, 3.63) is 18.1 Å². The molecule has 1 aromatic heterocycles. The first kappa shape index (κ1) is 20.0. The minimum atomic E-state index is 0.0638. The first-order valence-electron chi connectivity index (χ1n) is 9.78. The Morgan fingerprint density at radius 2 is 2.00 bits per heavy atom. The first-order valence-corrected chi connectivity index (χ1v) is 9.78. The second-order valence-electron chi connectivity index (χ2n) is 6.93. The average molecular weight is 378 g/mol. The van der Waals surface area contributed by atoms with E-state index in [-0.39, 0.29) is 12.5 Å². The van der Waals surface area contributed by atoms with Crippen molar-refractivity contribution < 1.29 is 19.0 Å². The molecule has 0 aromatic carbocycles. The van der Waals surface area contributed by atoms with Crippen LogP contribution < -0.4 is 4.90 Å². The summed E-state index contributed by atoms with van der Waals surface area (Å²) in [6.45, 7) is 6.05. The number of aromatic nitrogens is 2. The lowest BCUT2D eigenvalue weighted by molar-refractivity contribution is -0.137. The Bertz CT molecular complexity index is 587. The van der Waals surface area contributed by atoms with Crippen molar-refractivity contribution in [3.8, 4) is 0 Å². The SMILES string of the molecule is COCCCOCC(=O)N1CCC(c2nccc(N3CCOCC3)n2)CC1. The van der Waals surface area contributed by atoms with Crippen LogP contribution in [-0.4, -0.2) is 87.1 Å². The fourth-order valence-corrected chi connectivity index (χ4v) is 3.47. The summed E-state index contributed by atoms with van der Waals surface area (Å²) in [6, 6.07) is 1.97. The minimum absolute atomic E-state index is 0.0638. The molecule has 2 aliphatic rings. The molecule has 1 aromatic rings. The number of ether oxygens (including phenoxy) is 3. The molecule has 1 amide bonds. The Morgan fingerprint density at radius 1 is 1.22 bits per heavy atom. The van der Waals surface area contributed by atoms with Crippen LogP contribution in [0.2, 0.25) is 0 Å². The molecule has 27 heavy (non-hydrogen) atoms. The molecule has 150 valence electrons. The average Bonchev–Trinajstić information content (AvgIpc) is 2.74. The largest absolute Gasteiger partial charge is 0.385 e. The maximum Gasteiger partial charge on any atom is 0.248 e. The second-order valence-corrected chi connectivity index (χ2v) is 6.93. The number of likely N-dealkylation sites (tertiary alicyclic amines) is 1. The van der Waals surface area contributed by atoms with E-state index < -0.39 is 0 Å². The van der Waals surface area contributed by atoms with E-state index in [0.29, 0.717) is 19.1 Å². The maximum atomic E-state index is 12.3. The van der Waals surface area contributed by atoms with E-state index in [1.165, 1.54) is 0 Å². The Labute approximate surface area is 160 Å². The summed E-state index contributed by atoms with van der Waals surface area (Å²) in [5.74, 6) is 2.24. The molecule has 8 heteroatoms. The number of methoxy groups -OCH3 is 1. The Kier molecular flexibility index (Phi) is 7.79. The van der Waals surface area contributed by atoms with E-state index in [9.17, 15) is 4.79 Å². The van der Waals surface area contributed by atoms with Gasteiger partial charge >= 0.3 is 0 Å². The number of hydrogen-bond donors (Lipinski definition) is 0. The zero-order valence-corrected chi connectivity index (χ0v) is 16.1. The van der Waals surface area contributed by atoms with Gasteiger partial charge in [0.05, 0.1) is 13.2 Å². The lowest BCUT2D eigenvalue weighted by atomic mass is 9.96. The summed E-state index contributed by atoms with van der Waals surface area (Å²) in [7, 11) is 1.66. The summed E-state index contributed by atoms with van der Waals surface area (Å²) in [5.41, 5.74) is 0. The van der Waals surface area contributed by atoms with Gasteiger partial charge in [0.15, 0.2) is 0 Å². The topological polar surface area (TPSA) is 77.0 Å². The van der Waals surface area contributed by atoms with Crippen molar-refractivity contribution in [3.63, 3.8) is 0 Å². The van der Waals surface area contributed by atoms with Crippen molar-refractivity contribution in [2.24, 2.45) is 0 Å². The molecule has 0 bridgehead atoms. The third-order valence-corrected chi connectivity index (χ3v) is 5.07. The van der Waals surface area contributed by atoms with E-state index >= 15 is 0 Å². The fourth-order valence-electron chi connectivity index (χ4n) is 3.47. The van der Waals surface area contributed by atoms with Gasteiger partial charge in [-0.05, 0) is 25.3 Å². The number of anilines is 1. The number of nitrogens with zero attached hydrogens (tertiary/aromatic N) is 4. The summed E-state index contributed by atoms with van der Waals surface area (Å²) < 4.78 is 15.8. The van der Waals surface area contributed by atoms with Crippen LogP contribution in [0.3, 0.4) is 0 Å². The van der Waals surface area contributed by atoms with Gasteiger partial charge in [0.2, 0.25) is 5.91 Å². The van der Waals surface area contributed by atoms with Crippen molar-refractivity contribution in [1.29, 1.82) is 0 Å². The quantitative estimate of drug-likeness (QED) is 0.626. The molecule has 8 nitrogen and oxygen atoms in total. The van der Waals surface area contributed by atoms with E-state index in [4.69, 9.17) is 19.2 Å². The summed E-state index contributed by atoms with van der Waals surface area (Å²) in [4.78, 5) is 25.7. The molecule has 3 rings (SSSR count). The van der Waals surface area contributed by atoms with E-state index in [1.807, 2.05) is 17.2 Å². The Hall–Kier alpha value is -1.77. The van der Waals surface area contributed by atoms with Crippen LogP contribution >= 0.6 is 0 Å². The monoisotopic (exact) mass is 378 g/mol. The molecule has 0 aliphatic carbocycles. The lowest BCUT2D eigenvalue weighted by Gasteiger charge is -2.32. The summed E-state index contributed by atoms with van der Waals surface area (Å²) >= 11 is 0. The molecule has 0 spiro atoms. The maximum absolute atomic E-state index is 12.3. The molecular formula is C19H30N4O4. The number of carbonyl (C=O) groups excluding carboxylic acids is 1. The molecule has 0 radical (unpaired) electrons. The highest BCUT2D eigenvalue weighted by molar-refractivity contribution is 5.77. The molecule has 0 unspecified atom stereocenters. The highest BCUT2D eigenvalue weighted by atomic mass is 16.5. The van der Waals surface area contributed by atoms with Gasteiger partial charge < -0.3 is 24.0 Å². The molecule has 0 saturated carbocycles. The molecule has 2 fully saturated rings. The van der Waals surface area contributed by atoms with Crippen molar-refractivity contribution in [1.82, 2.24) is 14.9 Å². The Balaban J connectivity index is 1.45. The third-order valence-electron chi connectivity index (χ3n) is 5.07. The molecule has 2 aliphatic heterocycles. The predicted molar refractivity (Wildman–Crippen MR) is 101 cm³/mol. The van der Waals surface area contributed by atoms with Gasteiger partial charge in [-0.1, -0.05) is 0 Å². The summed E-state index contributed by atoms with van der Waals surface area (Å²) in [5, 5.41) is 0. The highest BCUT2D eigenvalue weighted by Gasteiger charge is 2.26. The second kappa shape index (κ2) is 10.5. The van der Waals surface area contributed by atoms with Gasteiger partial charge in [-0.2, -0.15) is 0 Å². The number of amides is 1. The van der Waals surface area contributed by atoms with Crippen LogP contribution in [0.5, 0.6) is 0 Å². The van der Waals surface area contributed by atoms with Crippen molar-refractivity contribution in [2.75, 3.05) is 71.2 Å². The minimum Gasteiger partial charge on any atom is -0.385 e. The molecular weight excluding hydrogens is 348 g/mol. The predicted octanol–water partition coefficient (Wildman–Crippen LogP) is 1.07. The van der Waals surface area contributed by atoms with Crippen LogP contribution in [0.25, 0.3) is 0 Å². The van der Waals surface area contributed by atoms with Gasteiger partial charge in [0.1, 0.15) is 18.2 Å². The number of carbonyl (C=O) groups is 1. The van der Waals surface area contributed by atoms with Gasteiger partial charge in [-0.15, -0.1) is 0 Å². The van der Waals surface area contributed by atoms with Gasteiger partial charge in [-0.3, -0.25) is 4.79 Å². The van der Waals surface area contributed by atoms with Gasteiger partial charge in [-0.25, -0.2) is 9.97 Å². The smallest absolute Gasteiger partial charge is 0.248 e. The summed E-state index contributed by atoms with van der Waals surface area (Å²) in [6.07, 6.45) is 4.44. The molecule has 0 N–H and O–H groups in total. The normalized spacial score (nSPS) is 18.7. The zero-order chi connectivity index (χ0) is 18.9. The first-order chi connectivity index (χ1) is 13.3. The molecule has 2 saturated heterocycles. The van der Waals surface area contributed by atoms with Gasteiger partial charge in [0, 0.05) is 58.6 Å². The molecule has 0 atom stereocenters. The van der Waals surface area contributed by atoms with Crippen LogP contribution in [0.1, 0.15) is 31.0 Å². The fraction of sp³-hybridized carbons (Fsp3) is 0.737. The van der Waals surface area contributed by atoms with Crippen molar-refractivity contribution in [2.45, 2.75) is 25.2 Å². The zero-order valence-electron chi connectivity index (χ0n) is 16.1. The molecule has 3 heterocycles. The number of piperidine rings is 1. The van der Waals surface area contributed by atoms with Crippen LogP contribution in [-0.2, 0) is 19.0 Å².